The van der Waals surface area contributed by atoms with Crippen molar-refractivity contribution in [2.75, 3.05) is 39.8 Å². The molecule has 1 N–H and O–H groups in total. The third-order valence-corrected chi connectivity index (χ3v) is 6.43. The normalized spacial score (nSPS) is 19.8. The molecule has 7 nitrogen and oxygen atoms in total. The summed E-state index contributed by atoms with van der Waals surface area (Å²) in [6, 6.07) is 9.39. The zero-order chi connectivity index (χ0) is 21.3. The van der Waals surface area contributed by atoms with E-state index in [1.54, 1.807) is 15.5 Å². The predicted octanol–water partition coefficient (Wildman–Crippen LogP) is 1.23. The van der Waals surface area contributed by atoms with Crippen LogP contribution in [0.2, 0.25) is 0 Å². The molecule has 2 aliphatic heterocycles. The molecule has 1 aromatic carbocycles. The van der Waals surface area contributed by atoms with E-state index in [0.29, 0.717) is 25.6 Å². The van der Waals surface area contributed by atoms with Gasteiger partial charge in [-0.1, -0.05) is 18.2 Å². The van der Waals surface area contributed by atoms with E-state index >= 15 is 0 Å². The molecular weight excluding hydrogens is 380 g/mol. The van der Waals surface area contributed by atoms with Crippen molar-refractivity contribution in [3.8, 4) is 0 Å². The van der Waals surface area contributed by atoms with Crippen molar-refractivity contribution in [1.82, 2.24) is 19.7 Å². The number of nitrogens with zero attached hydrogens (tertiary/aromatic N) is 3. The lowest BCUT2D eigenvalue weighted by atomic mass is 9.98. The van der Waals surface area contributed by atoms with E-state index in [-0.39, 0.29) is 29.7 Å². The molecule has 160 valence electrons. The van der Waals surface area contributed by atoms with Crippen LogP contribution in [0.3, 0.4) is 0 Å². The monoisotopic (exact) mass is 410 g/mol. The predicted molar refractivity (Wildman–Crippen MR) is 116 cm³/mol. The summed E-state index contributed by atoms with van der Waals surface area (Å²) >= 11 is 0. The Labute approximate surface area is 176 Å². The van der Waals surface area contributed by atoms with Gasteiger partial charge in [-0.2, -0.15) is 0 Å². The molecule has 1 unspecified atom stereocenters. The van der Waals surface area contributed by atoms with Crippen molar-refractivity contribution in [2.24, 2.45) is 11.8 Å². The number of carbonyl (C=O) groups excluding carboxylic acids is 2. The molecule has 2 aliphatic rings. The smallest absolute Gasteiger partial charge is 0.251 e. The number of aryl methyl sites for hydroxylation is 2. The van der Waals surface area contributed by atoms with E-state index in [2.05, 4.69) is 17.3 Å². The number of aromatic nitrogens is 1. The second kappa shape index (κ2) is 8.60. The van der Waals surface area contributed by atoms with Gasteiger partial charge < -0.3 is 19.7 Å². The summed E-state index contributed by atoms with van der Waals surface area (Å²) in [6.45, 7) is 6.05. The molecule has 0 radical (unpaired) electrons. The first-order valence-electron chi connectivity index (χ1n) is 10.8. The van der Waals surface area contributed by atoms with Crippen LogP contribution in [-0.4, -0.2) is 66.0 Å². The Morgan fingerprint density at radius 3 is 2.67 bits per heavy atom. The minimum absolute atomic E-state index is 0.00646. The Morgan fingerprint density at radius 1 is 1.17 bits per heavy atom. The lowest BCUT2D eigenvalue weighted by Crippen LogP contribution is -2.56. The molecule has 0 bridgehead atoms. The number of benzene rings is 1. The summed E-state index contributed by atoms with van der Waals surface area (Å²) < 4.78 is 1.67. The average molecular weight is 411 g/mol. The summed E-state index contributed by atoms with van der Waals surface area (Å²) in [5, 5.41) is 4.07. The van der Waals surface area contributed by atoms with E-state index in [9.17, 15) is 14.4 Å². The van der Waals surface area contributed by atoms with Crippen LogP contribution in [0.5, 0.6) is 0 Å². The van der Waals surface area contributed by atoms with Gasteiger partial charge in [-0.15, -0.1) is 0 Å². The number of rotatable bonds is 6. The number of carbonyl (C=O) groups is 2. The highest BCUT2D eigenvalue weighted by atomic mass is 16.2. The second-order valence-corrected chi connectivity index (χ2v) is 8.74. The first kappa shape index (κ1) is 20.6. The summed E-state index contributed by atoms with van der Waals surface area (Å²) in [4.78, 5) is 41.3. The number of para-hydroxylation sites is 1. The molecule has 1 atom stereocenters. The lowest BCUT2D eigenvalue weighted by molar-refractivity contribution is -0.143. The maximum absolute atomic E-state index is 12.6. The number of hydrogen-bond donors (Lipinski definition) is 1. The van der Waals surface area contributed by atoms with Crippen molar-refractivity contribution in [3.05, 3.63) is 46.2 Å². The molecule has 7 heteroatoms. The van der Waals surface area contributed by atoms with Gasteiger partial charge in [0.15, 0.2) is 0 Å². The van der Waals surface area contributed by atoms with E-state index in [1.807, 2.05) is 31.2 Å². The second-order valence-electron chi connectivity index (χ2n) is 8.74. The van der Waals surface area contributed by atoms with Crippen molar-refractivity contribution < 1.29 is 9.59 Å². The van der Waals surface area contributed by atoms with Gasteiger partial charge in [0, 0.05) is 50.6 Å². The van der Waals surface area contributed by atoms with Gasteiger partial charge in [-0.3, -0.25) is 14.4 Å². The highest BCUT2D eigenvalue weighted by molar-refractivity contribution is 5.85. The molecule has 3 heterocycles. The minimum atomic E-state index is -0.115. The number of hydrogen-bond acceptors (Lipinski definition) is 4. The molecule has 2 amide bonds. The largest absolute Gasteiger partial charge is 0.355 e. The first-order chi connectivity index (χ1) is 14.4. The quantitative estimate of drug-likeness (QED) is 0.777. The fourth-order valence-corrected chi connectivity index (χ4v) is 4.53. The van der Waals surface area contributed by atoms with Crippen molar-refractivity contribution in [3.63, 3.8) is 0 Å². The Kier molecular flexibility index (Phi) is 5.90. The highest BCUT2D eigenvalue weighted by Gasteiger charge is 2.35. The number of likely N-dealkylation sites (tertiary alicyclic amines) is 2. The average Bonchev–Trinajstić information content (AvgIpc) is 3.10. The Balaban J connectivity index is 1.27. The van der Waals surface area contributed by atoms with Crippen LogP contribution in [0.15, 0.2) is 35.1 Å². The lowest BCUT2D eigenvalue weighted by Gasteiger charge is -2.38. The van der Waals surface area contributed by atoms with Crippen LogP contribution in [0.25, 0.3) is 10.9 Å². The van der Waals surface area contributed by atoms with Crippen LogP contribution < -0.4 is 10.9 Å². The number of fused-ring (bicyclic) bond motifs is 1. The Morgan fingerprint density at radius 2 is 1.93 bits per heavy atom. The summed E-state index contributed by atoms with van der Waals surface area (Å²) in [5.74, 6) is 0.456. The molecule has 0 saturated carbocycles. The van der Waals surface area contributed by atoms with E-state index in [4.69, 9.17) is 0 Å². The van der Waals surface area contributed by atoms with Crippen LogP contribution in [-0.2, 0) is 16.1 Å². The van der Waals surface area contributed by atoms with Gasteiger partial charge in [-0.25, -0.2) is 0 Å². The SMILES string of the molecule is Cc1cc(=O)n(CCC(=O)N2CC(C(=O)NCC3CCN(C)C3)C2)c2ccccc12. The van der Waals surface area contributed by atoms with Gasteiger partial charge in [0.2, 0.25) is 11.8 Å². The number of nitrogens with one attached hydrogen (secondary N) is 1. The standard InChI is InChI=1S/C23H30N4O3/c1-16-11-22(29)27(20-6-4-3-5-19(16)20)10-8-21(28)26-14-18(15-26)23(30)24-12-17-7-9-25(2)13-17/h3-6,11,17-18H,7-10,12-15H2,1-2H3,(H,24,30). The fourth-order valence-electron chi connectivity index (χ4n) is 4.53. The van der Waals surface area contributed by atoms with Crippen molar-refractivity contribution >= 4 is 22.7 Å². The summed E-state index contributed by atoms with van der Waals surface area (Å²) in [5.41, 5.74) is 1.71. The zero-order valence-electron chi connectivity index (χ0n) is 17.8. The molecule has 2 aromatic rings. The number of pyridine rings is 1. The van der Waals surface area contributed by atoms with Crippen molar-refractivity contribution in [1.29, 1.82) is 0 Å². The molecule has 2 fully saturated rings. The van der Waals surface area contributed by atoms with Crippen molar-refractivity contribution in [2.45, 2.75) is 26.3 Å². The maximum Gasteiger partial charge on any atom is 0.251 e. The fraction of sp³-hybridized carbons (Fsp3) is 0.522. The highest BCUT2D eigenvalue weighted by Crippen LogP contribution is 2.20. The van der Waals surface area contributed by atoms with Gasteiger partial charge in [0.1, 0.15) is 0 Å². The minimum Gasteiger partial charge on any atom is -0.355 e. The molecule has 30 heavy (non-hydrogen) atoms. The van der Waals surface area contributed by atoms with Gasteiger partial charge >= 0.3 is 0 Å². The third-order valence-electron chi connectivity index (χ3n) is 6.43. The van der Waals surface area contributed by atoms with Gasteiger partial charge in [0.05, 0.1) is 11.4 Å². The Hall–Kier alpha value is -2.67. The zero-order valence-corrected chi connectivity index (χ0v) is 17.8. The van der Waals surface area contributed by atoms with E-state index in [0.717, 1.165) is 42.5 Å². The molecule has 0 spiro atoms. The van der Waals surface area contributed by atoms with Crippen LogP contribution >= 0.6 is 0 Å². The van der Waals surface area contributed by atoms with E-state index in [1.165, 1.54) is 0 Å². The summed E-state index contributed by atoms with van der Waals surface area (Å²) in [6.07, 6.45) is 1.38. The topological polar surface area (TPSA) is 74.6 Å². The summed E-state index contributed by atoms with van der Waals surface area (Å²) in [7, 11) is 2.10. The third kappa shape index (κ3) is 4.26. The van der Waals surface area contributed by atoms with Gasteiger partial charge in [0.25, 0.3) is 5.56 Å². The molecule has 1 aromatic heterocycles. The van der Waals surface area contributed by atoms with Crippen LogP contribution in [0, 0.1) is 18.8 Å². The molecule has 0 aliphatic carbocycles. The van der Waals surface area contributed by atoms with Crippen LogP contribution in [0.4, 0.5) is 0 Å². The maximum atomic E-state index is 12.6. The molecule has 4 rings (SSSR count). The first-order valence-corrected chi connectivity index (χ1v) is 10.8. The Bertz CT molecular complexity index is 1010. The van der Waals surface area contributed by atoms with E-state index < -0.39 is 0 Å². The molecule has 2 saturated heterocycles. The van der Waals surface area contributed by atoms with Crippen LogP contribution in [0.1, 0.15) is 18.4 Å². The van der Waals surface area contributed by atoms with Gasteiger partial charge in [-0.05, 0) is 44.5 Å². The number of amides is 2. The molecular formula is C23H30N4O3.